The lowest BCUT2D eigenvalue weighted by Crippen LogP contribution is -2.01. The molecule has 0 fully saturated rings. The SMILES string of the molecule is CC(Cl)c1nc2cc(F)ccc2n1-c1ccc(Cl)cc1. The third-order valence-corrected chi connectivity index (χ3v) is 3.53. The Morgan fingerprint density at radius 2 is 1.85 bits per heavy atom. The highest BCUT2D eigenvalue weighted by Crippen LogP contribution is 2.29. The zero-order chi connectivity index (χ0) is 14.3. The number of aromatic nitrogens is 2. The van der Waals surface area contributed by atoms with E-state index < -0.39 is 0 Å². The molecule has 2 nitrogen and oxygen atoms in total. The maximum atomic E-state index is 13.3. The summed E-state index contributed by atoms with van der Waals surface area (Å²) in [4.78, 5) is 4.43. The maximum absolute atomic E-state index is 13.3. The number of hydrogen-bond donors (Lipinski definition) is 0. The summed E-state index contributed by atoms with van der Waals surface area (Å²) >= 11 is 12.1. The van der Waals surface area contributed by atoms with Crippen molar-refractivity contribution in [3.05, 3.63) is 59.1 Å². The normalized spacial score (nSPS) is 12.8. The fraction of sp³-hybridized carbons (Fsp3) is 0.133. The number of fused-ring (bicyclic) bond motifs is 1. The molecule has 3 rings (SSSR count). The number of hydrogen-bond acceptors (Lipinski definition) is 1. The highest BCUT2D eigenvalue weighted by atomic mass is 35.5. The van der Waals surface area contributed by atoms with Crippen molar-refractivity contribution in [3.63, 3.8) is 0 Å². The summed E-state index contributed by atoms with van der Waals surface area (Å²) in [7, 11) is 0. The van der Waals surface area contributed by atoms with Crippen molar-refractivity contribution >= 4 is 34.2 Å². The van der Waals surface area contributed by atoms with Gasteiger partial charge in [0.05, 0.1) is 16.4 Å². The van der Waals surface area contributed by atoms with Gasteiger partial charge in [-0.25, -0.2) is 9.37 Å². The van der Waals surface area contributed by atoms with E-state index in [2.05, 4.69) is 4.98 Å². The van der Waals surface area contributed by atoms with Gasteiger partial charge in [0.15, 0.2) is 0 Å². The molecule has 0 aliphatic carbocycles. The van der Waals surface area contributed by atoms with Gasteiger partial charge >= 0.3 is 0 Å². The first-order valence-electron chi connectivity index (χ1n) is 6.14. The predicted octanol–water partition coefficient (Wildman–Crippen LogP) is 5.12. The molecule has 20 heavy (non-hydrogen) atoms. The number of benzene rings is 2. The molecular formula is C15H11Cl2FN2. The van der Waals surface area contributed by atoms with Crippen LogP contribution in [0.1, 0.15) is 18.1 Å². The zero-order valence-electron chi connectivity index (χ0n) is 10.6. The van der Waals surface area contributed by atoms with Crippen molar-refractivity contribution in [1.29, 1.82) is 0 Å². The minimum Gasteiger partial charge on any atom is -0.295 e. The van der Waals surface area contributed by atoms with Gasteiger partial charge in [-0.05, 0) is 43.3 Å². The van der Waals surface area contributed by atoms with Crippen LogP contribution in [-0.4, -0.2) is 9.55 Å². The van der Waals surface area contributed by atoms with Gasteiger partial charge in [-0.2, -0.15) is 0 Å². The van der Waals surface area contributed by atoms with Crippen LogP contribution in [0.3, 0.4) is 0 Å². The summed E-state index contributed by atoms with van der Waals surface area (Å²) < 4.78 is 15.3. The van der Waals surface area contributed by atoms with Crippen molar-refractivity contribution in [2.24, 2.45) is 0 Å². The molecule has 1 unspecified atom stereocenters. The second kappa shape index (κ2) is 5.08. The zero-order valence-corrected chi connectivity index (χ0v) is 12.2. The average molecular weight is 309 g/mol. The van der Waals surface area contributed by atoms with E-state index in [1.807, 2.05) is 23.6 Å². The van der Waals surface area contributed by atoms with Crippen molar-refractivity contribution in [2.75, 3.05) is 0 Å². The molecule has 1 aromatic heterocycles. The van der Waals surface area contributed by atoms with Crippen molar-refractivity contribution in [1.82, 2.24) is 9.55 Å². The van der Waals surface area contributed by atoms with Gasteiger partial charge in [0, 0.05) is 16.8 Å². The van der Waals surface area contributed by atoms with Crippen LogP contribution in [0.15, 0.2) is 42.5 Å². The van der Waals surface area contributed by atoms with E-state index >= 15 is 0 Å². The van der Waals surface area contributed by atoms with Gasteiger partial charge in [-0.15, -0.1) is 11.6 Å². The Labute approximate surface area is 125 Å². The van der Waals surface area contributed by atoms with Crippen LogP contribution >= 0.6 is 23.2 Å². The molecule has 0 saturated carbocycles. The van der Waals surface area contributed by atoms with E-state index in [1.165, 1.54) is 12.1 Å². The molecule has 102 valence electrons. The highest BCUT2D eigenvalue weighted by molar-refractivity contribution is 6.30. The third kappa shape index (κ3) is 2.28. The Morgan fingerprint density at radius 3 is 2.50 bits per heavy atom. The quantitative estimate of drug-likeness (QED) is 0.601. The van der Waals surface area contributed by atoms with Crippen LogP contribution in [0.2, 0.25) is 5.02 Å². The first-order chi connectivity index (χ1) is 9.56. The first kappa shape index (κ1) is 13.4. The highest BCUT2D eigenvalue weighted by Gasteiger charge is 2.16. The number of halogens is 3. The molecule has 1 heterocycles. The van der Waals surface area contributed by atoms with E-state index in [4.69, 9.17) is 23.2 Å². The molecule has 0 aliphatic heterocycles. The summed E-state index contributed by atoms with van der Waals surface area (Å²) in [5.41, 5.74) is 2.30. The molecule has 1 atom stereocenters. The molecular weight excluding hydrogens is 298 g/mol. The van der Waals surface area contributed by atoms with Crippen molar-refractivity contribution < 1.29 is 4.39 Å². The summed E-state index contributed by atoms with van der Waals surface area (Å²) in [6.07, 6.45) is 0. The summed E-state index contributed by atoms with van der Waals surface area (Å²) in [5, 5.41) is 0.367. The Morgan fingerprint density at radius 1 is 1.15 bits per heavy atom. The van der Waals surface area contributed by atoms with Gasteiger partial charge in [0.2, 0.25) is 0 Å². The second-order valence-electron chi connectivity index (χ2n) is 4.53. The Bertz CT molecular complexity index is 763. The van der Waals surface area contributed by atoms with E-state index in [1.54, 1.807) is 18.2 Å². The van der Waals surface area contributed by atoms with Crippen molar-refractivity contribution in [3.8, 4) is 5.69 Å². The van der Waals surface area contributed by atoms with Crippen LogP contribution in [0.5, 0.6) is 0 Å². The second-order valence-corrected chi connectivity index (χ2v) is 5.62. The lowest BCUT2D eigenvalue weighted by atomic mass is 10.2. The molecule has 0 saturated heterocycles. The number of alkyl halides is 1. The van der Waals surface area contributed by atoms with Crippen LogP contribution in [0, 0.1) is 5.82 Å². The Kier molecular flexibility index (Phi) is 3.40. The molecule has 2 aromatic carbocycles. The fourth-order valence-electron chi connectivity index (χ4n) is 2.20. The van der Waals surface area contributed by atoms with Gasteiger partial charge in [-0.1, -0.05) is 11.6 Å². The van der Waals surface area contributed by atoms with Gasteiger partial charge in [0.25, 0.3) is 0 Å². The topological polar surface area (TPSA) is 17.8 Å². The smallest absolute Gasteiger partial charge is 0.132 e. The third-order valence-electron chi connectivity index (χ3n) is 3.08. The van der Waals surface area contributed by atoms with Crippen LogP contribution < -0.4 is 0 Å². The Balaban J connectivity index is 2.31. The molecule has 5 heteroatoms. The van der Waals surface area contributed by atoms with Gasteiger partial charge in [0.1, 0.15) is 11.6 Å². The van der Waals surface area contributed by atoms with E-state index in [0.29, 0.717) is 16.4 Å². The first-order valence-corrected chi connectivity index (χ1v) is 6.95. The summed E-state index contributed by atoms with van der Waals surface area (Å²) in [5.74, 6) is 0.363. The Hall–Kier alpha value is -1.58. The summed E-state index contributed by atoms with van der Waals surface area (Å²) in [6.45, 7) is 1.84. The van der Waals surface area contributed by atoms with Crippen molar-refractivity contribution in [2.45, 2.75) is 12.3 Å². The largest absolute Gasteiger partial charge is 0.295 e. The van der Waals surface area contributed by atoms with Gasteiger partial charge in [-0.3, -0.25) is 4.57 Å². The fourth-order valence-corrected chi connectivity index (χ4v) is 2.47. The molecule has 0 N–H and O–H groups in total. The molecule has 0 amide bonds. The lowest BCUT2D eigenvalue weighted by Gasteiger charge is -2.10. The molecule has 3 aromatic rings. The van der Waals surface area contributed by atoms with Crippen LogP contribution in [-0.2, 0) is 0 Å². The standard InChI is InChI=1S/C15H11Cl2FN2/c1-9(16)15-19-13-8-11(18)4-7-14(13)20(15)12-5-2-10(17)3-6-12/h2-9H,1H3. The minimum atomic E-state index is -0.313. The molecule has 0 radical (unpaired) electrons. The van der Waals surface area contributed by atoms with E-state index in [-0.39, 0.29) is 11.2 Å². The maximum Gasteiger partial charge on any atom is 0.132 e. The predicted molar refractivity (Wildman–Crippen MR) is 80.3 cm³/mol. The van der Waals surface area contributed by atoms with E-state index in [9.17, 15) is 4.39 Å². The minimum absolute atomic E-state index is 0.291. The van der Waals surface area contributed by atoms with Gasteiger partial charge < -0.3 is 0 Å². The molecule has 0 spiro atoms. The monoisotopic (exact) mass is 308 g/mol. The summed E-state index contributed by atoms with van der Waals surface area (Å²) in [6, 6.07) is 11.9. The van der Waals surface area contributed by atoms with E-state index in [0.717, 1.165) is 11.2 Å². The number of imidazole rings is 1. The molecule has 0 aliphatic rings. The van der Waals surface area contributed by atoms with Crippen LogP contribution in [0.25, 0.3) is 16.7 Å². The number of rotatable bonds is 2. The molecule has 0 bridgehead atoms. The van der Waals surface area contributed by atoms with Crippen LogP contribution in [0.4, 0.5) is 4.39 Å². The lowest BCUT2D eigenvalue weighted by molar-refractivity contribution is 0.629. The number of nitrogens with zero attached hydrogens (tertiary/aromatic N) is 2. The average Bonchev–Trinajstić information content (AvgIpc) is 2.78.